The van der Waals surface area contributed by atoms with Gasteiger partial charge in [-0.2, -0.15) is 5.10 Å². The van der Waals surface area contributed by atoms with Crippen LogP contribution in [-0.4, -0.2) is 22.8 Å². The number of amides is 1. The molecule has 0 atom stereocenters. The number of benzene rings is 1. The summed E-state index contributed by atoms with van der Waals surface area (Å²) in [6.07, 6.45) is 0. The Bertz CT molecular complexity index is 872. The van der Waals surface area contributed by atoms with Gasteiger partial charge in [-0.1, -0.05) is 29.8 Å². The molecule has 1 N–H and O–H groups in total. The molecule has 124 valence electrons. The first-order chi connectivity index (χ1) is 11.6. The van der Waals surface area contributed by atoms with Gasteiger partial charge in [0.15, 0.2) is 5.69 Å². The van der Waals surface area contributed by atoms with E-state index in [1.54, 1.807) is 24.9 Å². The fourth-order valence-electron chi connectivity index (χ4n) is 2.38. The molecule has 0 saturated heterocycles. The summed E-state index contributed by atoms with van der Waals surface area (Å²) in [4.78, 5) is 13.3. The first-order valence-electron chi connectivity index (χ1n) is 7.28. The molecule has 3 rings (SSSR count). The molecule has 2 heterocycles. The largest absolute Gasteiger partial charge is 0.496 e. The maximum absolute atomic E-state index is 12.4. The lowest BCUT2D eigenvalue weighted by atomic mass is 10.2. The molecule has 5 nitrogen and oxygen atoms in total. The Hall–Kier alpha value is -2.31. The molecule has 7 heteroatoms. The number of nitrogens with zero attached hydrogens (tertiary/aromatic N) is 2. The van der Waals surface area contributed by atoms with Crippen molar-refractivity contribution in [1.29, 1.82) is 0 Å². The summed E-state index contributed by atoms with van der Waals surface area (Å²) in [5, 5.41) is 7.16. The van der Waals surface area contributed by atoms with Crippen LogP contribution in [0.5, 0.6) is 5.75 Å². The fourth-order valence-corrected chi connectivity index (χ4v) is 3.47. The number of halogens is 1. The van der Waals surface area contributed by atoms with Crippen LogP contribution >= 0.6 is 22.9 Å². The second-order valence-electron chi connectivity index (χ2n) is 5.14. The van der Waals surface area contributed by atoms with Crippen LogP contribution in [0, 0.1) is 0 Å². The standard InChI is InChI=1S/C17H16ClN3O2S/c1-21-13(15-7-8-16(18)24-15)9-12(20-21)17(22)19-10-11-5-3-4-6-14(11)23-2/h3-9H,10H2,1-2H3,(H,19,22). The van der Waals surface area contributed by atoms with Gasteiger partial charge in [-0.05, 0) is 24.3 Å². The molecule has 1 aromatic carbocycles. The van der Waals surface area contributed by atoms with Gasteiger partial charge in [0.05, 0.1) is 22.0 Å². The molecule has 3 aromatic rings. The van der Waals surface area contributed by atoms with Crippen LogP contribution in [0.3, 0.4) is 0 Å². The van der Waals surface area contributed by atoms with E-state index in [0.717, 1.165) is 21.9 Å². The third kappa shape index (κ3) is 3.44. The highest BCUT2D eigenvalue weighted by Gasteiger charge is 2.15. The Morgan fingerprint density at radius 2 is 2.12 bits per heavy atom. The lowest BCUT2D eigenvalue weighted by molar-refractivity contribution is 0.0945. The van der Waals surface area contributed by atoms with Gasteiger partial charge in [0.2, 0.25) is 0 Å². The summed E-state index contributed by atoms with van der Waals surface area (Å²) in [5.74, 6) is 0.512. The maximum Gasteiger partial charge on any atom is 0.272 e. The van der Waals surface area contributed by atoms with Crippen LogP contribution in [-0.2, 0) is 13.6 Å². The Labute approximate surface area is 148 Å². The summed E-state index contributed by atoms with van der Waals surface area (Å²) in [7, 11) is 3.41. The molecule has 0 fully saturated rings. The summed E-state index contributed by atoms with van der Waals surface area (Å²) in [6.45, 7) is 0.375. The number of carbonyl (C=O) groups is 1. The first kappa shape index (κ1) is 16.5. The van der Waals surface area contributed by atoms with Crippen LogP contribution in [0.2, 0.25) is 4.34 Å². The smallest absolute Gasteiger partial charge is 0.272 e. The highest BCUT2D eigenvalue weighted by molar-refractivity contribution is 7.19. The van der Waals surface area contributed by atoms with E-state index in [9.17, 15) is 4.79 Å². The van der Waals surface area contributed by atoms with Gasteiger partial charge in [-0.3, -0.25) is 9.48 Å². The van der Waals surface area contributed by atoms with Crippen LogP contribution in [0.15, 0.2) is 42.5 Å². The molecule has 0 aliphatic heterocycles. The molecule has 0 saturated carbocycles. The van der Waals surface area contributed by atoms with Crippen molar-refractivity contribution in [2.24, 2.45) is 7.05 Å². The lowest BCUT2D eigenvalue weighted by Gasteiger charge is -2.08. The van der Waals surface area contributed by atoms with Crippen LogP contribution in [0.1, 0.15) is 16.1 Å². The second kappa shape index (κ2) is 7.07. The van der Waals surface area contributed by atoms with Crippen LogP contribution in [0.4, 0.5) is 0 Å². The number of nitrogens with one attached hydrogen (secondary N) is 1. The molecule has 0 aliphatic rings. The zero-order valence-corrected chi connectivity index (χ0v) is 14.8. The van der Waals surface area contributed by atoms with Gasteiger partial charge in [0.25, 0.3) is 5.91 Å². The van der Waals surface area contributed by atoms with Gasteiger partial charge in [-0.25, -0.2) is 0 Å². The van der Waals surface area contributed by atoms with Crippen molar-refractivity contribution in [3.8, 4) is 16.3 Å². The highest BCUT2D eigenvalue weighted by Crippen LogP contribution is 2.31. The number of para-hydroxylation sites is 1. The molecule has 1 amide bonds. The number of aromatic nitrogens is 2. The quantitative estimate of drug-likeness (QED) is 0.753. The Kier molecular flexibility index (Phi) is 4.87. The molecule has 0 unspecified atom stereocenters. The van der Waals surface area contributed by atoms with Crippen LogP contribution < -0.4 is 10.1 Å². The van der Waals surface area contributed by atoms with E-state index in [4.69, 9.17) is 16.3 Å². The first-order valence-corrected chi connectivity index (χ1v) is 8.48. The van der Waals surface area contributed by atoms with Crippen molar-refractivity contribution in [2.75, 3.05) is 7.11 Å². The minimum Gasteiger partial charge on any atom is -0.496 e. The number of ether oxygens (including phenoxy) is 1. The Morgan fingerprint density at radius 3 is 2.83 bits per heavy atom. The molecule has 2 aromatic heterocycles. The number of hydrogen-bond acceptors (Lipinski definition) is 4. The monoisotopic (exact) mass is 361 g/mol. The minimum atomic E-state index is -0.231. The predicted octanol–water partition coefficient (Wildman–Crippen LogP) is 3.74. The van der Waals surface area contributed by atoms with Gasteiger partial charge in [0.1, 0.15) is 5.75 Å². The number of carbonyl (C=O) groups excluding carboxylic acids is 1. The summed E-state index contributed by atoms with van der Waals surface area (Å²) in [5.41, 5.74) is 2.14. The van der Waals surface area contributed by atoms with Crippen molar-refractivity contribution in [1.82, 2.24) is 15.1 Å². The summed E-state index contributed by atoms with van der Waals surface area (Å²) in [6, 6.07) is 13.1. The Balaban J connectivity index is 1.74. The number of hydrogen-bond donors (Lipinski definition) is 1. The Morgan fingerprint density at radius 1 is 1.33 bits per heavy atom. The molecule has 0 radical (unpaired) electrons. The summed E-state index contributed by atoms with van der Waals surface area (Å²) >= 11 is 7.43. The molecule has 0 aliphatic carbocycles. The molecule has 0 spiro atoms. The van der Waals surface area contributed by atoms with Crippen molar-refractivity contribution in [2.45, 2.75) is 6.54 Å². The second-order valence-corrected chi connectivity index (χ2v) is 6.85. The average Bonchev–Trinajstić information content (AvgIpc) is 3.18. The van der Waals surface area contributed by atoms with Gasteiger partial charge in [-0.15, -0.1) is 11.3 Å². The molecule has 24 heavy (non-hydrogen) atoms. The molecular weight excluding hydrogens is 346 g/mol. The number of aryl methyl sites for hydroxylation is 1. The SMILES string of the molecule is COc1ccccc1CNC(=O)c1cc(-c2ccc(Cl)s2)n(C)n1. The van der Waals surface area contributed by atoms with E-state index in [1.165, 1.54) is 11.3 Å². The van der Waals surface area contributed by atoms with Gasteiger partial charge < -0.3 is 10.1 Å². The van der Waals surface area contributed by atoms with E-state index in [1.807, 2.05) is 36.4 Å². The summed E-state index contributed by atoms with van der Waals surface area (Å²) < 4.78 is 7.67. The number of thiophene rings is 1. The zero-order chi connectivity index (χ0) is 17.1. The van der Waals surface area contributed by atoms with E-state index in [2.05, 4.69) is 10.4 Å². The van der Waals surface area contributed by atoms with Gasteiger partial charge >= 0.3 is 0 Å². The normalized spacial score (nSPS) is 10.6. The van der Waals surface area contributed by atoms with Gasteiger partial charge in [0, 0.05) is 19.2 Å². The van der Waals surface area contributed by atoms with E-state index in [-0.39, 0.29) is 5.91 Å². The third-order valence-corrected chi connectivity index (χ3v) is 4.82. The third-order valence-electron chi connectivity index (χ3n) is 3.57. The highest BCUT2D eigenvalue weighted by atomic mass is 35.5. The van der Waals surface area contributed by atoms with Crippen molar-refractivity contribution in [3.05, 3.63) is 58.1 Å². The number of rotatable bonds is 5. The average molecular weight is 362 g/mol. The fraction of sp³-hybridized carbons (Fsp3) is 0.176. The predicted molar refractivity (Wildman–Crippen MR) is 95.7 cm³/mol. The topological polar surface area (TPSA) is 56.1 Å². The molecule has 0 bridgehead atoms. The van der Waals surface area contributed by atoms with E-state index < -0.39 is 0 Å². The van der Waals surface area contributed by atoms with Crippen molar-refractivity contribution in [3.63, 3.8) is 0 Å². The molecular formula is C17H16ClN3O2S. The van der Waals surface area contributed by atoms with E-state index >= 15 is 0 Å². The maximum atomic E-state index is 12.4. The van der Waals surface area contributed by atoms with Crippen molar-refractivity contribution >= 4 is 28.8 Å². The van der Waals surface area contributed by atoms with E-state index in [0.29, 0.717) is 16.6 Å². The minimum absolute atomic E-state index is 0.231. The zero-order valence-electron chi connectivity index (χ0n) is 13.2. The number of methoxy groups -OCH3 is 1. The van der Waals surface area contributed by atoms with Crippen LogP contribution in [0.25, 0.3) is 10.6 Å². The van der Waals surface area contributed by atoms with Crippen molar-refractivity contribution < 1.29 is 9.53 Å². The lowest BCUT2D eigenvalue weighted by Crippen LogP contribution is -2.23.